The van der Waals surface area contributed by atoms with Gasteiger partial charge >= 0.3 is 6.03 Å². The van der Waals surface area contributed by atoms with E-state index in [0.717, 1.165) is 25.9 Å². The molecular formula is C18H22ClN3O3. The Labute approximate surface area is 152 Å². The Bertz CT molecular complexity index is 660. The van der Waals surface area contributed by atoms with E-state index < -0.39 is 0 Å². The van der Waals surface area contributed by atoms with Crippen molar-refractivity contribution in [2.24, 2.45) is 5.92 Å². The monoisotopic (exact) mass is 363 g/mol. The van der Waals surface area contributed by atoms with E-state index in [1.165, 1.54) is 0 Å². The lowest BCUT2D eigenvalue weighted by Crippen LogP contribution is -2.49. The molecule has 3 aliphatic heterocycles. The molecule has 3 amide bonds. The van der Waals surface area contributed by atoms with Gasteiger partial charge in [0, 0.05) is 36.9 Å². The van der Waals surface area contributed by atoms with Gasteiger partial charge in [0.25, 0.3) is 0 Å². The first-order valence-electron chi connectivity index (χ1n) is 8.86. The third-order valence-electron chi connectivity index (χ3n) is 5.27. The van der Waals surface area contributed by atoms with Gasteiger partial charge in [-0.3, -0.25) is 4.79 Å². The molecule has 3 heterocycles. The lowest BCUT2D eigenvalue weighted by atomic mass is 9.99. The average molecular weight is 364 g/mol. The summed E-state index contributed by atoms with van der Waals surface area (Å²) in [5.74, 6) is 0.0846. The molecule has 3 atom stereocenters. The second-order valence-corrected chi connectivity index (χ2v) is 7.45. The van der Waals surface area contributed by atoms with Crippen LogP contribution < -0.4 is 5.32 Å². The Morgan fingerprint density at radius 2 is 1.80 bits per heavy atom. The number of likely N-dealkylation sites (tertiary alicyclic amines) is 2. The molecule has 6 nitrogen and oxygen atoms in total. The number of benzene rings is 1. The number of nitrogens with zero attached hydrogens (tertiary/aromatic N) is 2. The number of nitrogens with one attached hydrogen (secondary N) is 1. The minimum Gasteiger partial charge on any atom is -0.370 e. The van der Waals surface area contributed by atoms with Gasteiger partial charge < -0.3 is 19.9 Å². The molecule has 1 N–H and O–H groups in total. The molecule has 4 rings (SSSR count). The summed E-state index contributed by atoms with van der Waals surface area (Å²) in [6.07, 6.45) is 2.64. The molecule has 0 aromatic heterocycles. The van der Waals surface area contributed by atoms with E-state index in [9.17, 15) is 9.59 Å². The third kappa shape index (κ3) is 3.46. The number of amides is 3. The highest BCUT2D eigenvalue weighted by Gasteiger charge is 2.47. The first kappa shape index (κ1) is 16.7. The SMILES string of the molecule is O=C(Nc1ccc(Cl)cc1)N1CC2CC(C(=O)N3CCCC3)C(C1)O2. The molecule has 25 heavy (non-hydrogen) atoms. The van der Waals surface area contributed by atoms with Crippen LogP contribution in [0, 0.1) is 5.92 Å². The van der Waals surface area contributed by atoms with Crippen molar-refractivity contribution >= 4 is 29.2 Å². The first-order valence-corrected chi connectivity index (χ1v) is 9.24. The highest BCUT2D eigenvalue weighted by Crippen LogP contribution is 2.34. The minimum absolute atomic E-state index is 0.0497. The number of carbonyl (C=O) groups is 2. The summed E-state index contributed by atoms with van der Waals surface area (Å²) in [6, 6.07) is 6.87. The fraction of sp³-hybridized carbons (Fsp3) is 0.556. The molecule has 1 aromatic carbocycles. The van der Waals surface area contributed by atoms with Crippen molar-refractivity contribution in [3.8, 4) is 0 Å². The molecule has 3 saturated heterocycles. The van der Waals surface area contributed by atoms with Crippen LogP contribution in [0.2, 0.25) is 5.02 Å². The predicted octanol–water partition coefficient (Wildman–Crippen LogP) is 2.58. The average Bonchev–Trinajstić information content (AvgIpc) is 3.24. The second-order valence-electron chi connectivity index (χ2n) is 7.01. The molecule has 3 fully saturated rings. The quantitative estimate of drug-likeness (QED) is 0.878. The van der Waals surface area contributed by atoms with Gasteiger partial charge in [0.15, 0.2) is 0 Å². The Kier molecular flexibility index (Phi) is 4.56. The van der Waals surface area contributed by atoms with Gasteiger partial charge in [-0.25, -0.2) is 4.79 Å². The van der Waals surface area contributed by atoms with Crippen LogP contribution in [0.15, 0.2) is 24.3 Å². The van der Waals surface area contributed by atoms with Crippen molar-refractivity contribution in [1.29, 1.82) is 0 Å². The summed E-state index contributed by atoms with van der Waals surface area (Å²) in [6.45, 7) is 2.70. The molecule has 0 aliphatic carbocycles. The number of hydrogen-bond acceptors (Lipinski definition) is 3. The van der Waals surface area contributed by atoms with Crippen molar-refractivity contribution < 1.29 is 14.3 Å². The third-order valence-corrected chi connectivity index (χ3v) is 5.53. The maximum atomic E-state index is 12.7. The Morgan fingerprint density at radius 1 is 1.08 bits per heavy atom. The molecule has 0 spiro atoms. The Hall–Kier alpha value is -1.79. The van der Waals surface area contributed by atoms with Crippen molar-refractivity contribution in [2.45, 2.75) is 31.5 Å². The number of hydrogen-bond donors (Lipinski definition) is 1. The summed E-state index contributed by atoms with van der Waals surface area (Å²) in [4.78, 5) is 28.9. The normalized spacial score (nSPS) is 28.3. The fourth-order valence-corrected chi connectivity index (χ4v) is 4.12. The van der Waals surface area contributed by atoms with E-state index in [4.69, 9.17) is 16.3 Å². The zero-order chi connectivity index (χ0) is 17.4. The van der Waals surface area contributed by atoms with Crippen molar-refractivity contribution in [3.63, 3.8) is 0 Å². The zero-order valence-electron chi connectivity index (χ0n) is 14.0. The van der Waals surface area contributed by atoms with Crippen molar-refractivity contribution in [2.75, 3.05) is 31.5 Å². The number of urea groups is 1. The van der Waals surface area contributed by atoms with E-state index in [1.807, 2.05) is 4.90 Å². The van der Waals surface area contributed by atoms with Gasteiger partial charge in [-0.05, 0) is 43.5 Å². The zero-order valence-corrected chi connectivity index (χ0v) is 14.7. The number of anilines is 1. The number of carbonyl (C=O) groups excluding carboxylic acids is 2. The maximum absolute atomic E-state index is 12.7. The molecule has 7 heteroatoms. The van der Waals surface area contributed by atoms with Crippen LogP contribution in [0.3, 0.4) is 0 Å². The van der Waals surface area contributed by atoms with Crippen LogP contribution >= 0.6 is 11.6 Å². The number of ether oxygens (including phenoxy) is 1. The van der Waals surface area contributed by atoms with Crippen LogP contribution in [0.1, 0.15) is 19.3 Å². The van der Waals surface area contributed by atoms with Gasteiger partial charge in [0.1, 0.15) is 0 Å². The van der Waals surface area contributed by atoms with Gasteiger partial charge in [0.05, 0.1) is 18.1 Å². The maximum Gasteiger partial charge on any atom is 0.322 e. The predicted molar refractivity (Wildman–Crippen MR) is 94.6 cm³/mol. The van der Waals surface area contributed by atoms with Crippen molar-refractivity contribution in [1.82, 2.24) is 9.80 Å². The Balaban J connectivity index is 1.38. The molecule has 1 aromatic rings. The molecular weight excluding hydrogens is 342 g/mol. The summed E-state index contributed by atoms with van der Waals surface area (Å²) in [7, 11) is 0. The van der Waals surface area contributed by atoms with Crippen LogP contribution in [0.4, 0.5) is 10.5 Å². The van der Waals surface area contributed by atoms with Gasteiger partial charge in [-0.15, -0.1) is 0 Å². The van der Waals surface area contributed by atoms with Crippen LogP contribution in [0.5, 0.6) is 0 Å². The van der Waals surface area contributed by atoms with E-state index in [0.29, 0.717) is 30.2 Å². The summed E-state index contributed by atoms with van der Waals surface area (Å²) in [5.41, 5.74) is 0.706. The van der Waals surface area contributed by atoms with Crippen LogP contribution in [-0.2, 0) is 9.53 Å². The fourth-order valence-electron chi connectivity index (χ4n) is 3.99. The summed E-state index contributed by atoms with van der Waals surface area (Å²) >= 11 is 5.87. The van der Waals surface area contributed by atoms with Gasteiger partial charge in [0.2, 0.25) is 5.91 Å². The largest absolute Gasteiger partial charge is 0.370 e. The Morgan fingerprint density at radius 3 is 2.52 bits per heavy atom. The molecule has 0 saturated carbocycles. The van der Waals surface area contributed by atoms with E-state index in [1.54, 1.807) is 29.2 Å². The smallest absolute Gasteiger partial charge is 0.322 e. The van der Waals surface area contributed by atoms with E-state index in [-0.39, 0.29) is 30.1 Å². The lowest BCUT2D eigenvalue weighted by molar-refractivity contribution is -0.137. The van der Waals surface area contributed by atoms with Crippen LogP contribution in [0.25, 0.3) is 0 Å². The van der Waals surface area contributed by atoms with Gasteiger partial charge in [-0.1, -0.05) is 11.6 Å². The molecule has 2 bridgehead atoms. The second kappa shape index (κ2) is 6.84. The number of morpholine rings is 1. The minimum atomic E-state index is -0.192. The first-order chi connectivity index (χ1) is 12.1. The molecule has 3 aliphatic rings. The topological polar surface area (TPSA) is 61.9 Å². The highest BCUT2D eigenvalue weighted by molar-refractivity contribution is 6.30. The van der Waals surface area contributed by atoms with E-state index in [2.05, 4.69) is 5.32 Å². The van der Waals surface area contributed by atoms with Crippen LogP contribution in [-0.4, -0.2) is 60.1 Å². The number of rotatable bonds is 2. The van der Waals surface area contributed by atoms with E-state index >= 15 is 0 Å². The summed E-state index contributed by atoms with van der Waals surface area (Å²) < 4.78 is 5.95. The number of halogens is 1. The lowest BCUT2D eigenvalue weighted by Gasteiger charge is -2.33. The standard InChI is InChI=1S/C18H22ClN3O3/c19-12-3-5-13(6-4-12)20-18(24)22-10-14-9-15(16(11-22)25-14)17(23)21-7-1-2-8-21/h3-6,14-16H,1-2,7-11H2,(H,20,24). The highest BCUT2D eigenvalue weighted by atomic mass is 35.5. The van der Waals surface area contributed by atoms with Gasteiger partial charge in [-0.2, -0.15) is 0 Å². The number of fused-ring (bicyclic) bond motifs is 2. The summed E-state index contributed by atoms with van der Waals surface area (Å²) in [5, 5.41) is 3.51. The van der Waals surface area contributed by atoms with Crippen molar-refractivity contribution in [3.05, 3.63) is 29.3 Å². The molecule has 3 unspecified atom stereocenters. The molecule has 0 radical (unpaired) electrons. The molecule has 134 valence electrons.